The highest BCUT2D eigenvalue weighted by atomic mass is 32.1. The van der Waals surface area contributed by atoms with E-state index in [4.69, 9.17) is 0 Å². The number of likely N-dealkylation sites (tertiary alicyclic amines) is 1. The smallest absolute Gasteiger partial charge is 0.342 e. The topological polar surface area (TPSA) is 83.6 Å². The normalized spacial score (nSPS) is 14.8. The SMILES string of the molecule is COC(=O)c1cnsc1NC(=O)NCCCCN1CCCC1. The number of nitrogens with zero attached hydrogens (tertiary/aromatic N) is 2. The van der Waals surface area contributed by atoms with Gasteiger partial charge in [-0.25, -0.2) is 9.59 Å². The number of unbranched alkanes of at least 4 members (excludes halogenated alkanes) is 1. The van der Waals surface area contributed by atoms with Crippen LogP contribution in [0.25, 0.3) is 0 Å². The molecule has 0 radical (unpaired) electrons. The van der Waals surface area contributed by atoms with E-state index in [2.05, 4.69) is 24.6 Å². The van der Waals surface area contributed by atoms with Gasteiger partial charge in [0.25, 0.3) is 0 Å². The second-order valence-corrected chi connectivity index (χ2v) is 6.00. The molecule has 0 bridgehead atoms. The summed E-state index contributed by atoms with van der Waals surface area (Å²) in [6, 6.07) is -0.324. The number of nitrogens with one attached hydrogen (secondary N) is 2. The number of carbonyl (C=O) groups is 2. The van der Waals surface area contributed by atoms with Gasteiger partial charge in [-0.05, 0) is 56.9 Å². The Labute approximate surface area is 134 Å². The Morgan fingerprint density at radius 3 is 2.86 bits per heavy atom. The molecule has 8 heteroatoms. The van der Waals surface area contributed by atoms with Crippen molar-refractivity contribution in [3.63, 3.8) is 0 Å². The van der Waals surface area contributed by atoms with Gasteiger partial charge in [0.05, 0.1) is 13.3 Å². The lowest BCUT2D eigenvalue weighted by molar-refractivity contribution is 0.0602. The standard InChI is InChI=1S/C14H22N4O3S/c1-21-13(19)11-10-16-22-12(11)17-14(20)15-6-2-3-7-18-8-4-5-9-18/h10H,2-9H2,1H3,(H2,15,17,20). The second-order valence-electron chi connectivity index (χ2n) is 5.20. The van der Waals surface area contributed by atoms with E-state index in [0.29, 0.717) is 11.5 Å². The summed E-state index contributed by atoms with van der Waals surface area (Å²) in [5.74, 6) is -0.505. The van der Waals surface area contributed by atoms with Gasteiger partial charge in [0.15, 0.2) is 0 Å². The van der Waals surface area contributed by atoms with Crippen molar-refractivity contribution in [3.8, 4) is 0 Å². The van der Waals surface area contributed by atoms with Crippen LogP contribution in [0.3, 0.4) is 0 Å². The molecule has 1 aliphatic rings. The molecule has 2 rings (SSSR count). The number of aromatic nitrogens is 1. The molecule has 7 nitrogen and oxygen atoms in total. The zero-order valence-electron chi connectivity index (χ0n) is 12.8. The van der Waals surface area contributed by atoms with Crippen LogP contribution in [0.1, 0.15) is 36.0 Å². The average molecular weight is 326 g/mol. The van der Waals surface area contributed by atoms with E-state index in [1.807, 2.05) is 0 Å². The van der Waals surface area contributed by atoms with E-state index in [9.17, 15) is 9.59 Å². The molecule has 2 N–H and O–H groups in total. The van der Waals surface area contributed by atoms with Gasteiger partial charge in [0.1, 0.15) is 10.6 Å². The van der Waals surface area contributed by atoms with Gasteiger partial charge in [-0.1, -0.05) is 0 Å². The number of methoxy groups -OCH3 is 1. The first-order valence-corrected chi connectivity index (χ1v) is 8.28. The van der Waals surface area contributed by atoms with Crippen LogP contribution < -0.4 is 10.6 Å². The summed E-state index contributed by atoms with van der Waals surface area (Å²) in [4.78, 5) is 25.7. The number of anilines is 1. The number of urea groups is 1. The fourth-order valence-corrected chi connectivity index (χ4v) is 3.04. The Balaban J connectivity index is 1.63. The summed E-state index contributed by atoms with van der Waals surface area (Å²) < 4.78 is 8.52. The second kappa shape index (κ2) is 8.70. The largest absolute Gasteiger partial charge is 0.465 e. The fourth-order valence-electron chi connectivity index (χ4n) is 2.40. The lowest BCUT2D eigenvalue weighted by Crippen LogP contribution is -2.30. The maximum atomic E-state index is 11.8. The molecule has 1 aromatic heterocycles. The molecule has 0 saturated carbocycles. The first-order chi connectivity index (χ1) is 10.7. The molecule has 2 amide bonds. The van der Waals surface area contributed by atoms with E-state index in [-0.39, 0.29) is 11.6 Å². The Hall–Kier alpha value is -1.67. The summed E-state index contributed by atoms with van der Waals surface area (Å²) in [6.07, 6.45) is 6.02. The highest BCUT2D eigenvalue weighted by Gasteiger charge is 2.16. The fraction of sp³-hybridized carbons (Fsp3) is 0.643. The Morgan fingerprint density at radius 1 is 1.36 bits per heavy atom. The van der Waals surface area contributed by atoms with Gasteiger partial charge in [-0.15, -0.1) is 0 Å². The number of hydrogen-bond donors (Lipinski definition) is 2. The molecule has 22 heavy (non-hydrogen) atoms. The minimum absolute atomic E-state index is 0.275. The maximum Gasteiger partial charge on any atom is 0.342 e. The van der Waals surface area contributed by atoms with Crippen LogP contribution in [0, 0.1) is 0 Å². The van der Waals surface area contributed by atoms with Crippen LogP contribution in [0.15, 0.2) is 6.20 Å². The van der Waals surface area contributed by atoms with Gasteiger partial charge in [0.2, 0.25) is 0 Å². The predicted molar refractivity (Wildman–Crippen MR) is 85.4 cm³/mol. The molecule has 0 unspecified atom stereocenters. The minimum atomic E-state index is -0.505. The van der Waals surface area contributed by atoms with E-state index in [0.717, 1.165) is 30.9 Å². The summed E-state index contributed by atoms with van der Waals surface area (Å²) in [5.41, 5.74) is 0.275. The zero-order valence-corrected chi connectivity index (χ0v) is 13.6. The predicted octanol–water partition coefficient (Wildman–Crippen LogP) is 1.93. The number of amides is 2. The zero-order chi connectivity index (χ0) is 15.8. The van der Waals surface area contributed by atoms with Crippen molar-refractivity contribution in [2.45, 2.75) is 25.7 Å². The van der Waals surface area contributed by atoms with E-state index in [1.54, 1.807) is 0 Å². The molecule has 0 aliphatic carbocycles. The lowest BCUT2D eigenvalue weighted by Gasteiger charge is -2.14. The first kappa shape index (κ1) is 16.7. The van der Waals surface area contributed by atoms with E-state index in [1.165, 1.54) is 39.2 Å². The van der Waals surface area contributed by atoms with Crippen LogP contribution in [0.4, 0.5) is 9.80 Å². The average Bonchev–Trinajstić information content (AvgIpc) is 3.17. The van der Waals surface area contributed by atoms with Gasteiger partial charge in [0, 0.05) is 6.54 Å². The van der Waals surface area contributed by atoms with Crippen molar-refractivity contribution in [3.05, 3.63) is 11.8 Å². The molecule has 1 saturated heterocycles. The monoisotopic (exact) mass is 326 g/mol. The maximum absolute atomic E-state index is 11.8. The molecule has 0 aromatic carbocycles. The van der Waals surface area contributed by atoms with Crippen LogP contribution in [0.2, 0.25) is 0 Å². The Kier molecular flexibility index (Phi) is 6.60. The third-order valence-electron chi connectivity index (χ3n) is 3.59. The number of carbonyl (C=O) groups excluding carboxylic acids is 2. The number of hydrogen-bond acceptors (Lipinski definition) is 6. The van der Waals surface area contributed by atoms with E-state index < -0.39 is 5.97 Å². The molecule has 1 aromatic rings. The number of esters is 1. The molecule has 2 heterocycles. The third kappa shape index (κ3) is 4.96. The van der Waals surface area contributed by atoms with Crippen molar-refractivity contribution < 1.29 is 14.3 Å². The molecule has 0 atom stereocenters. The molecule has 0 spiro atoms. The van der Waals surface area contributed by atoms with Crippen molar-refractivity contribution in [1.82, 2.24) is 14.6 Å². The molecular weight excluding hydrogens is 304 g/mol. The van der Waals surface area contributed by atoms with Gasteiger partial charge in [-0.3, -0.25) is 5.32 Å². The highest BCUT2D eigenvalue weighted by molar-refractivity contribution is 7.10. The quantitative estimate of drug-likeness (QED) is 0.591. The molecular formula is C14H22N4O3S. The molecule has 1 aliphatic heterocycles. The van der Waals surface area contributed by atoms with Crippen molar-refractivity contribution in [2.75, 3.05) is 38.6 Å². The Bertz CT molecular complexity index is 500. The number of ether oxygens (including phenoxy) is 1. The number of rotatable bonds is 7. The highest BCUT2D eigenvalue weighted by Crippen LogP contribution is 2.20. The van der Waals surface area contributed by atoms with Crippen LogP contribution in [-0.2, 0) is 4.74 Å². The molecule has 122 valence electrons. The summed E-state index contributed by atoms with van der Waals surface area (Å²) >= 11 is 1.05. The van der Waals surface area contributed by atoms with E-state index >= 15 is 0 Å². The summed E-state index contributed by atoms with van der Waals surface area (Å²) in [7, 11) is 1.30. The Morgan fingerprint density at radius 2 is 2.14 bits per heavy atom. The van der Waals surface area contributed by atoms with Crippen molar-refractivity contribution in [2.24, 2.45) is 0 Å². The third-order valence-corrected chi connectivity index (χ3v) is 4.30. The van der Waals surface area contributed by atoms with Crippen LogP contribution >= 0.6 is 11.5 Å². The van der Waals surface area contributed by atoms with Crippen molar-refractivity contribution in [1.29, 1.82) is 0 Å². The summed E-state index contributed by atoms with van der Waals surface area (Å²) in [6.45, 7) is 4.13. The lowest BCUT2D eigenvalue weighted by atomic mass is 10.3. The van der Waals surface area contributed by atoms with Gasteiger partial charge >= 0.3 is 12.0 Å². The van der Waals surface area contributed by atoms with Crippen LogP contribution in [-0.4, -0.2) is 54.6 Å². The van der Waals surface area contributed by atoms with Gasteiger partial charge in [-0.2, -0.15) is 4.37 Å². The molecule has 1 fully saturated rings. The summed E-state index contributed by atoms with van der Waals surface area (Å²) in [5, 5.41) is 5.83. The van der Waals surface area contributed by atoms with Gasteiger partial charge < -0.3 is 15.0 Å². The minimum Gasteiger partial charge on any atom is -0.465 e. The van der Waals surface area contributed by atoms with Crippen molar-refractivity contribution >= 4 is 28.5 Å². The van der Waals surface area contributed by atoms with Crippen LogP contribution in [0.5, 0.6) is 0 Å². The first-order valence-electron chi connectivity index (χ1n) is 7.51.